The smallest absolute Gasteiger partial charge is 0.252 e. The van der Waals surface area contributed by atoms with Crippen LogP contribution in [-0.2, 0) is 11.2 Å². The van der Waals surface area contributed by atoms with Crippen LogP contribution < -0.4 is 20.5 Å². The number of amides is 2. The topological polar surface area (TPSA) is 128 Å². The van der Waals surface area contributed by atoms with E-state index >= 15 is 0 Å². The lowest BCUT2D eigenvalue weighted by Crippen LogP contribution is -2.59. The molecule has 0 unspecified atom stereocenters. The average Bonchev–Trinajstić information content (AvgIpc) is 3.16. The first-order chi connectivity index (χ1) is 17.5. The molecule has 0 aliphatic heterocycles. The van der Waals surface area contributed by atoms with Gasteiger partial charge in [0.1, 0.15) is 18.1 Å². The maximum atomic E-state index is 12.7. The fraction of sp³-hybridized carbons (Fsp3) is 0.464. The van der Waals surface area contributed by atoms with Crippen LogP contribution >= 0.6 is 0 Å². The van der Waals surface area contributed by atoms with E-state index in [0.717, 1.165) is 42.3 Å². The number of primary amides is 1. The van der Waals surface area contributed by atoms with Crippen LogP contribution in [0.4, 0.5) is 0 Å². The predicted molar refractivity (Wildman–Crippen MR) is 138 cm³/mol. The molecular weight excluding hydrogens is 472 g/mol. The summed E-state index contributed by atoms with van der Waals surface area (Å²) in [5.41, 5.74) is 7.90. The van der Waals surface area contributed by atoms with Crippen molar-refractivity contribution in [1.82, 2.24) is 14.9 Å². The molecule has 2 aliphatic carbocycles. The zero-order chi connectivity index (χ0) is 26.4. The normalized spacial score (nSPS) is 22.8. The molecule has 0 radical (unpaired) electrons. The van der Waals surface area contributed by atoms with Crippen molar-refractivity contribution in [1.29, 1.82) is 0 Å². The average molecular weight is 507 g/mol. The van der Waals surface area contributed by atoms with Crippen molar-refractivity contribution in [3.63, 3.8) is 0 Å². The molecule has 2 saturated carbocycles. The number of carbonyl (C=O) groups excluding carboxylic acids is 2. The Hall–Kier alpha value is -3.59. The van der Waals surface area contributed by atoms with Crippen LogP contribution in [0.1, 0.15) is 61.0 Å². The lowest BCUT2D eigenvalue weighted by Gasteiger charge is -2.57. The predicted octanol–water partition coefficient (Wildman–Crippen LogP) is 2.94. The van der Waals surface area contributed by atoms with E-state index in [0.29, 0.717) is 17.1 Å². The van der Waals surface area contributed by atoms with E-state index in [-0.39, 0.29) is 36.5 Å². The van der Waals surface area contributed by atoms with Gasteiger partial charge >= 0.3 is 0 Å². The van der Waals surface area contributed by atoms with Gasteiger partial charge in [-0.05, 0) is 81.7 Å². The summed E-state index contributed by atoms with van der Waals surface area (Å²) >= 11 is 0. The highest BCUT2D eigenvalue weighted by atomic mass is 16.5. The van der Waals surface area contributed by atoms with E-state index in [4.69, 9.17) is 15.2 Å². The summed E-state index contributed by atoms with van der Waals surface area (Å²) in [6.45, 7) is 5.50. The van der Waals surface area contributed by atoms with E-state index in [9.17, 15) is 14.7 Å². The number of hydrogen-bond acceptors (Lipinski definition) is 6. The summed E-state index contributed by atoms with van der Waals surface area (Å²) in [6, 6.07) is 9.28. The molecule has 2 fully saturated rings. The minimum atomic E-state index is -0.925. The number of nitrogens with zero attached hydrogens (tertiary/aromatic N) is 2. The molecule has 196 valence electrons. The Labute approximate surface area is 215 Å². The van der Waals surface area contributed by atoms with Crippen LogP contribution in [-0.4, -0.2) is 50.9 Å². The van der Waals surface area contributed by atoms with Crippen LogP contribution in [0.3, 0.4) is 0 Å². The number of aryl methyl sites for hydroxylation is 1. The molecule has 0 saturated heterocycles. The second-order valence-corrected chi connectivity index (χ2v) is 11.3. The van der Waals surface area contributed by atoms with Crippen molar-refractivity contribution in [2.24, 2.45) is 11.1 Å². The highest BCUT2D eigenvalue weighted by Crippen LogP contribution is 2.57. The minimum absolute atomic E-state index is 0.0184. The second kappa shape index (κ2) is 9.37. The number of hydrogen-bond donors (Lipinski definition) is 3. The van der Waals surface area contributed by atoms with Gasteiger partial charge in [-0.2, -0.15) is 5.10 Å². The van der Waals surface area contributed by atoms with E-state index < -0.39 is 11.5 Å². The number of nitrogens with two attached hydrogens (primary N) is 1. The maximum Gasteiger partial charge on any atom is 0.252 e. The quantitative estimate of drug-likeness (QED) is 0.409. The second-order valence-electron chi connectivity index (χ2n) is 11.3. The van der Waals surface area contributed by atoms with Crippen LogP contribution in [0.5, 0.6) is 11.5 Å². The number of fused-ring (bicyclic) bond motifs is 1. The lowest BCUT2D eigenvalue weighted by molar-refractivity contribution is -0.126. The number of aromatic nitrogens is 2. The molecule has 0 atom stereocenters. The molecule has 9 nitrogen and oxygen atoms in total. The Morgan fingerprint density at radius 1 is 1.22 bits per heavy atom. The minimum Gasteiger partial charge on any atom is -0.490 e. The van der Waals surface area contributed by atoms with Crippen molar-refractivity contribution in [3.05, 3.63) is 59.4 Å². The molecule has 3 aromatic rings. The summed E-state index contributed by atoms with van der Waals surface area (Å²) in [5.74, 6) is 0.654. The SMILES string of the molecule is Cc1ccc(C(N)=O)c(OC2CC3(CC(NC(=O)Cc4cnn5cc(OCC(C)(C)O)ccc45)C3)C2)c1. The van der Waals surface area contributed by atoms with Gasteiger partial charge in [0.25, 0.3) is 5.91 Å². The molecule has 2 amide bonds. The number of pyridine rings is 1. The van der Waals surface area contributed by atoms with Crippen molar-refractivity contribution >= 4 is 17.3 Å². The number of benzene rings is 1. The summed E-state index contributed by atoms with van der Waals surface area (Å²) in [5, 5.41) is 17.3. The van der Waals surface area contributed by atoms with Gasteiger partial charge in [-0.25, -0.2) is 4.52 Å². The Morgan fingerprint density at radius 2 is 1.97 bits per heavy atom. The van der Waals surface area contributed by atoms with Gasteiger partial charge in [0, 0.05) is 11.6 Å². The molecule has 1 spiro atoms. The zero-order valence-corrected chi connectivity index (χ0v) is 21.5. The molecular formula is C28H34N4O5. The van der Waals surface area contributed by atoms with E-state index in [1.807, 2.05) is 31.2 Å². The van der Waals surface area contributed by atoms with Crippen molar-refractivity contribution in [2.45, 2.75) is 70.6 Å². The van der Waals surface area contributed by atoms with Gasteiger partial charge in [0.2, 0.25) is 5.91 Å². The number of aliphatic hydroxyl groups is 1. The maximum absolute atomic E-state index is 12.7. The molecule has 2 aliphatic rings. The van der Waals surface area contributed by atoms with Crippen molar-refractivity contribution < 1.29 is 24.2 Å². The number of carbonyl (C=O) groups is 2. The van der Waals surface area contributed by atoms with E-state index in [1.165, 1.54) is 0 Å². The van der Waals surface area contributed by atoms with Gasteiger partial charge < -0.3 is 25.6 Å². The molecule has 0 bridgehead atoms. The summed E-state index contributed by atoms with van der Waals surface area (Å²) in [4.78, 5) is 24.4. The third-order valence-electron chi connectivity index (χ3n) is 7.25. The van der Waals surface area contributed by atoms with Gasteiger partial charge in [-0.1, -0.05) is 6.07 Å². The van der Waals surface area contributed by atoms with Crippen molar-refractivity contribution in [3.8, 4) is 11.5 Å². The Kier molecular flexibility index (Phi) is 6.35. The summed E-state index contributed by atoms with van der Waals surface area (Å²) in [7, 11) is 0. The van der Waals surface area contributed by atoms with Crippen molar-refractivity contribution in [2.75, 3.05) is 6.61 Å². The first-order valence-electron chi connectivity index (χ1n) is 12.7. The monoisotopic (exact) mass is 506 g/mol. The van der Waals surface area contributed by atoms with Gasteiger partial charge in [-0.3, -0.25) is 9.59 Å². The summed E-state index contributed by atoms with van der Waals surface area (Å²) in [6.07, 6.45) is 7.47. The van der Waals surface area contributed by atoms with Gasteiger partial charge in [-0.15, -0.1) is 0 Å². The zero-order valence-electron chi connectivity index (χ0n) is 21.5. The number of nitrogens with one attached hydrogen (secondary N) is 1. The standard InChI is InChI=1S/C28H34N4O5/c1-17-4-6-22(26(29)34)24(8-17)37-21-12-28(13-21)10-19(11-28)31-25(33)9-18-14-30-32-15-20(5-7-23(18)32)36-16-27(2,3)35/h4-8,14-15,19,21,35H,9-13,16H2,1-3H3,(H2,29,34)(H,31,33). The number of ether oxygens (including phenoxy) is 2. The largest absolute Gasteiger partial charge is 0.490 e. The highest BCUT2D eigenvalue weighted by molar-refractivity contribution is 5.95. The van der Waals surface area contributed by atoms with E-state index in [1.54, 1.807) is 36.8 Å². The highest BCUT2D eigenvalue weighted by Gasteiger charge is 2.54. The lowest BCUT2D eigenvalue weighted by atomic mass is 9.53. The molecule has 2 heterocycles. The van der Waals surface area contributed by atoms with Gasteiger partial charge in [0.15, 0.2) is 0 Å². The third-order valence-corrected chi connectivity index (χ3v) is 7.25. The first kappa shape index (κ1) is 25.1. The molecule has 4 N–H and O–H groups in total. The molecule has 1 aromatic carbocycles. The molecule has 2 aromatic heterocycles. The summed E-state index contributed by atoms with van der Waals surface area (Å²) < 4.78 is 13.4. The van der Waals surface area contributed by atoms with Crippen LogP contribution in [0, 0.1) is 12.3 Å². The fourth-order valence-electron chi connectivity index (χ4n) is 5.47. The Bertz CT molecular complexity index is 1330. The molecule has 37 heavy (non-hydrogen) atoms. The Balaban J connectivity index is 1.09. The van der Waals surface area contributed by atoms with Gasteiger partial charge in [0.05, 0.1) is 41.6 Å². The van der Waals surface area contributed by atoms with Crippen LogP contribution in [0.15, 0.2) is 42.7 Å². The number of rotatable bonds is 9. The first-order valence-corrected chi connectivity index (χ1v) is 12.7. The Morgan fingerprint density at radius 3 is 2.68 bits per heavy atom. The van der Waals surface area contributed by atoms with E-state index in [2.05, 4.69) is 10.4 Å². The van der Waals surface area contributed by atoms with Crippen LogP contribution in [0.25, 0.3) is 5.52 Å². The molecule has 9 heteroatoms. The molecule has 5 rings (SSSR count). The third kappa shape index (κ3) is 5.56. The van der Waals surface area contributed by atoms with Crippen LogP contribution in [0.2, 0.25) is 0 Å². The fourth-order valence-corrected chi connectivity index (χ4v) is 5.47.